The number of piperidine rings is 1. The minimum atomic E-state index is -0.570. The van der Waals surface area contributed by atoms with Crippen LogP contribution in [0.1, 0.15) is 52.7 Å². The fourth-order valence-electron chi connectivity index (χ4n) is 4.31. The summed E-state index contributed by atoms with van der Waals surface area (Å²) in [5.41, 5.74) is -0.410. The standard InChI is InChI=1S/C20H27N3O5S/c1-5-28-15(25)10-12-11-29-18(21-12)22-14(24)7-9-23-16(26)13-6-8-20(4,17(23)27)19(13,2)3/h11,13H,5-10H2,1-4H3,(H,21,22,24). The molecule has 1 aromatic rings. The van der Waals surface area contributed by atoms with Crippen LogP contribution in [0, 0.1) is 16.7 Å². The van der Waals surface area contributed by atoms with E-state index in [4.69, 9.17) is 4.74 Å². The summed E-state index contributed by atoms with van der Waals surface area (Å²) in [6.45, 7) is 8.00. The van der Waals surface area contributed by atoms with Crippen molar-refractivity contribution in [1.82, 2.24) is 9.88 Å². The normalized spacial score (nSPS) is 25.2. The zero-order valence-corrected chi connectivity index (χ0v) is 18.1. The minimum Gasteiger partial charge on any atom is -0.466 e. The first-order valence-corrected chi connectivity index (χ1v) is 10.7. The first-order chi connectivity index (χ1) is 13.6. The number of fused-ring (bicyclic) bond motifs is 2. The number of hydrogen-bond acceptors (Lipinski definition) is 7. The monoisotopic (exact) mass is 421 g/mol. The molecule has 1 aliphatic heterocycles. The molecule has 8 nitrogen and oxygen atoms in total. The second-order valence-corrected chi connectivity index (χ2v) is 9.22. The summed E-state index contributed by atoms with van der Waals surface area (Å²) in [6.07, 6.45) is 1.46. The summed E-state index contributed by atoms with van der Waals surface area (Å²) in [5.74, 6) is -1.24. The number of nitrogens with zero attached hydrogens (tertiary/aromatic N) is 2. The van der Waals surface area contributed by atoms with Crippen LogP contribution in [-0.4, -0.2) is 46.7 Å². The molecule has 1 saturated heterocycles. The Bertz CT molecular complexity index is 849. The van der Waals surface area contributed by atoms with Gasteiger partial charge in [-0.15, -0.1) is 11.3 Å². The molecule has 2 atom stereocenters. The topological polar surface area (TPSA) is 106 Å². The number of likely N-dealkylation sites (tertiary alicyclic amines) is 1. The summed E-state index contributed by atoms with van der Waals surface area (Å²) >= 11 is 1.21. The molecule has 0 aromatic carbocycles. The third-order valence-electron chi connectivity index (χ3n) is 6.50. The van der Waals surface area contributed by atoms with Crippen LogP contribution in [0.2, 0.25) is 0 Å². The maximum Gasteiger partial charge on any atom is 0.311 e. The predicted octanol–water partition coefficient (Wildman–Crippen LogP) is 2.39. The number of anilines is 1. The highest BCUT2D eigenvalue weighted by Gasteiger charge is 2.64. The molecule has 2 heterocycles. The molecule has 1 aliphatic carbocycles. The summed E-state index contributed by atoms with van der Waals surface area (Å²) in [5, 5.41) is 4.73. The van der Waals surface area contributed by atoms with Crippen molar-refractivity contribution in [3.05, 3.63) is 11.1 Å². The van der Waals surface area contributed by atoms with Crippen molar-refractivity contribution in [2.45, 2.75) is 53.4 Å². The van der Waals surface area contributed by atoms with Gasteiger partial charge in [-0.3, -0.25) is 24.1 Å². The summed E-state index contributed by atoms with van der Waals surface area (Å²) < 4.78 is 4.88. The van der Waals surface area contributed by atoms with E-state index in [1.165, 1.54) is 16.2 Å². The maximum atomic E-state index is 13.0. The van der Waals surface area contributed by atoms with Gasteiger partial charge in [-0.2, -0.15) is 0 Å². The van der Waals surface area contributed by atoms with Crippen LogP contribution in [0.5, 0.6) is 0 Å². The number of esters is 1. The van der Waals surface area contributed by atoms with Gasteiger partial charge >= 0.3 is 5.97 Å². The average Bonchev–Trinajstić information content (AvgIpc) is 3.13. The van der Waals surface area contributed by atoms with E-state index in [0.29, 0.717) is 30.3 Å². The largest absolute Gasteiger partial charge is 0.466 e. The van der Waals surface area contributed by atoms with E-state index < -0.39 is 5.41 Å². The fraction of sp³-hybridized carbons (Fsp3) is 0.650. The highest BCUT2D eigenvalue weighted by atomic mass is 32.1. The number of nitrogens with one attached hydrogen (secondary N) is 1. The molecule has 0 radical (unpaired) electrons. The van der Waals surface area contributed by atoms with E-state index in [1.54, 1.807) is 12.3 Å². The number of aromatic nitrogens is 1. The van der Waals surface area contributed by atoms with Crippen molar-refractivity contribution >= 4 is 40.2 Å². The molecule has 2 fully saturated rings. The van der Waals surface area contributed by atoms with Crippen LogP contribution in [0.3, 0.4) is 0 Å². The zero-order valence-electron chi connectivity index (χ0n) is 17.2. The molecule has 2 bridgehead atoms. The predicted molar refractivity (Wildman–Crippen MR) is 107 cm³/mol. The highest BCUT2D eigenvalue weighted by Crippen LogP contribution is 2.60. The van der Waals surface area contributed by atoms with Gasteiger partial charge in [-0.05, 0) is 25.2 Å². The number of carbonyl (C=O) groups excluding carboxylic acids is 4. The number of rotatable bonds is 7. The van der Waals surface area contributed by atoms with Crippen LogP contribution in [0.15, 0.2) is 5.38 Å². The third-order valence-corrected chi connectivity index (χ3v) is 7.31. The Morgan fingerprint density at radius 3 is 2.76 bits per heavy atom. The van der Waals surface area contributed by atoms with Gasteiger partial charge in [-0.1, -0.05) is 20.8 Å². The van der Waals surface area contributed by atoms with Gasteiger partial charge in [0.1, 0.15) is 0 Å². The lowest BCUT2D eigenvalue weighted by molar-refractivity contribution is -0.167. The van der Waals surface area contributed by atoms with Gasteiger partial charge in [0, 0.05) is 24.3 Å². The molecular weight excluding hydrogens is 394 g/mol. The second-order valence-electron chi connectivity index (χ2n) is 8.36. The molecular formula is C20H27N3O5S. The molecule has 1 N–H and O–H groups in total. The number of thiazole rings is 1. The Labute approximate surface area is 174 Å². The Kier molecular flexibility index (Phi) is 5.80. The number of imide groups is 1. The van der Waals surface area contributed by atoms with Gasteiger partial charge in [0.05, 0.1) is 24.1 Å². The van der Waals surface area contributed by atoms with E-state index in [-0.39, 0.29) is 54.4 Å². The number of ether oxygens (including phenoxy) is 1. The van der Waals surface area contributed by atoms with E-state index in [9.17, 15) is 19.2 Å². The van der Waals surface area contributed by atoms with Gasteiger partial charge in [0.25, 0.3) is 0 Å². The van der Waals surface area contributed by atoms with Crippen molar-refractivity contribution in [2.24, 2.45) is 16.7 Å². The minimum absolute atomic E-state index is 0.00744. The molecule has 1 saturated carbocycles. The van der Waals surface area contributed by atoms with Crippen molar-refractivity contribution in [3.63, 3.8) is 0 Å². The van der Waals surface area contributed by atoms with Crippen LogP contribution >= 0.6 is 11.3 Å². The molecule has 158 valence electrons. The highest BCUT2D eigenvalue weighted by molar-refractivity contribution is 7.13. The molecule has 2 aliphatic rings. The quantitative estimate of drug-likeness (QED) is 0.535. The van der Waals surface area contributed by atoms with Crippen LogP contribution < -0.4 is 5.32 Å². The van der Waals surface area contributed by atoms with Crippen molar-refractivity contribution in [2.75, 3.05) is 18.5 Å². The molecule has 0 spiro atoms. The summed E-state index contributed by atoms with van der Waals surface area (Å²) in [4.78, 5) is 55.0. The third kappa shape index (κ3) is 3.80. The molecule has 1 aromatic heterocycles. The number of amides is 3. The van der Waals surface area contributed by atoms with Crippen LogP contribution in [-0.2, 0) is 30.3 Å². The molecule has 9 heteroatoms. The average molecular weight is 422 g/mol. The van der Waals surface area contributed by atoms with Gasteiger partial charge in [0.15, 0.2) is 5.13 Å². The molecule has 2 unspecified atom stereocenters. The smallest absolute Gasteiger partial charge is 0.311 e. The first kappa shape index (κ1) is 21.4. The van der Waals surface area contributed by atoms with E-state index >= 15 is 0 Å². The van der Waals surface area contributed by atoms with E-state index in [1.807, 2.05) is 20.8 Å². The molecule has 3 rings (SSSR count). The lowest BCUT2D eigenvalue weighted by Gasteiger charge is -2.47. The fourth-order valence-corrected chi connectivity index (χ4v) is 5.04. The first-order valence-electron chi connectivity index (χ1n) is 9.86. The van der Waals surface area contributed by atoms with Crippen molar-refractivity contribution in [3.8, 4) is 0 Å². The lowest BCUT2D eigenvalue weighted by atomic mass is 9.62. The second kappa shape index (κ2) is 7.85. The van der Waals surface area contributed by atoms with Crippen LogP contribution in [0.25, 0.3) is 0 Å². The van der Waals surface area contributed by atoms with Crippen molar-refractivity contribution in [1.29, 1.82) is 0 Å². The summed E-state index contributed by atoms with van der Waals surface area (Å²) in [7, 11) is 0. The summed E-state index contributed by atoms with van der Waals surface area (Å²) in [6, 6.07) is 0. The Balaban J connectivity index is 1.56. The van der Waals surface area contributed by atoms with Gasteiger partial charge in [0.2, 0.25) is 17.7 Å². The van der Waals surface area contributed by atoms with E-state index in [0.717, 1.165) is 0 Å². The van der Waals surface area contributed by atoms with Gasteiger partial charge < -0.3 is 10.1 Å². The lowest BCUT2D eigenvalue weighted by Crippen LogP contribution is -2.59. The zero-order chi connectivity index (χ0) is 21.4. The van der Waals surface area contributed by atoms with Crippen LogP contribution in [0.4, 0.5) is 5.13 Å². The van der Waals surface area contributed by atoms with E-state index in [2.05, 4.69) is 10.3 Å². The Hall–Kier alpha value is -2.29. The Morgan fingerprint density at radius 2 is 2.07 bits per heavy atom. The van der Waals surface area contributed by atoms with Gasteiger partial charge in [-0.25, -0.2) is 4.98 Å². The van der Waals surface area contributed by atoms with Crippen molar-refractivity contribution < 1.29 is 23.9 Å². The number of carbonyl (C=O) groups is 4. The number of hydrogen-bond donors (Lipinski definition) is 1. The molecule has 29 heavy (non-hydrogen) atoms. The molecule has 3 amide bonds. The SMILES string of the molecule is CCOC(=O)Cc1csc(NC(=O)CCN2C(=O)C3CCC(C)(C2=O)C3(C)C)n1. The maximum absolute atomic E-state index is 13.0. The Morgan fingerprint density at radius 1 is 1.34 bits per heavy atom.